The third kappa shape index (κ3) is 5.55. The second kappa shape index (κ2) is 5.87. The summed E-state index contributed by atoms with van der Waals surface area (Å²) in [6, 6.07) is 2.07. The van der Waals surface area contributed by atoms with E-state index in [9.17, 15) is 4.79 Å². The molecule has 1 fully saturated rings. The molecule has 5 nitrogen and oxygen atoms in total. The Kier molecular flexibility index (Phi) is 4.76. The van der Waals surface area contributed by atoms with Crippen molar-refractivity contribution in [3.8, 4) is 6.07 Å². The fraction of sp³-hybridized carbons (Fsp3) is 0.833. The minimum atomic E-state index is -0.483. The van der Waals surface area contributed by atoms with Crippen molar-refractivity contribution in [3.63, 3.8) is 0 Å². The molecule has 17 heavy (non-hydrogen) atoms. The summed E-state index contributed by atoms with van der Waals surface area (Å²) in [5.74, 6) is 0. The Balaban J connectivity index is 2.27. The van der Waals surface area contributed by atoms with Crippen LogP contribution in [-0.4, -0.2) is 30.4 Å². The number of hydrogen-bond acceptors (Lipinski definition) is 4. The Bertz CT molecular complexity index is 296. The van der Waals surface area contributed by atoms with Crippen LogP contribution >= 0.6 is 0 Å². The second-order valence-electron chi connectivity index (χ2n) is 5.24. The summed E-state index contributed by atoms with van der Waals surface area (Å²) >= 11 is 0. The van der Waals surface area contributed by atoms with E-state index in [-0.39, 0.29) is 12.1 Å². The Labute approximate surface area is 102 Å². The number of nitrogens with one attached hydrogen (secondary N) is 1. The van der Waals surface area contributed by atoms with Crippen LogP contribution in [0.2, 0.25) is 0 Å². The first-order valence-corrected chi connectivity index (χ1v) is 5.89. The maximum Gasteiger partial charge on any atom is 0.407 e. The van der Waals surface area contributed by atoms with Gasteiger partial charge in [-0.25, -0.2) is 4.79 Å². The number of rotatable bonds is 2. The molecule has 1 rings (SSSR count). The number of nitriles is 1. The van der Waals surface area contributed by atoms with Gasteiger partial charge in [0.25, 0.3) is 0 Å². The monoisotopic (exact) mass is 240 g/mol. The summed E-state index contributed by atoms with van der Waals surface area (Å²) in [5, 5.41) is 11.3. The van der Waals surface area contributed by atoms with Gasteiger partial charge in [-0.05, 0) is 33.6 Å². The molecule has 1 amide bonds. The van der Waals surface area contributed by atoms with Gasteiger partial charge < -0.3 is 14.8 Å². The molecular weight excluding hydrogens is 220 g/mol. The zero-order valence-corrected chi connectivity index (χ0v) is 10.7. The van der Waals surface area contributed by atoms with Crippen molar-refractivity contribution in [2.45, 2.75) is 57.8 Å². The Morgan fingerprint density at radius 2 is 2.24 bits per heavy atom. The largest absolute Gasteiger partial charge is 0.444 e. The molecule has 1 aliphatic heterocycles. The molecule has 5 heteroatoms. The van der Waals surface area contributed by atoms with Crippen LogP contribution in [-0.2, 0) is 9.47 Å². The van der Waals surface area contributed by atoms with Crippen molar-refractivity contribution in [3.05, 3.63) is 0 Å². The normalized spacial score (nSPS) is 24.8. The predicted molar refractivity (Wildman–Crippen MR) is 62.4 cm³/mol. The van der Waals surface area contributed by atoms with Crippen molar-refractivity contribution in [1.29, 1.82) is 5.26 Å². The van der Waals surface area contributed by atoms with Crippen LogP contribution in [0.5, 0.6) is 0 Å². The summed E-state index contributed by atoms with van der Waals surface area (Å²) in [4.78, 5) is 11.5. The second-order valence-corrected chi connectivity index (χ2v) is 5.24. The molecule has 1 N–H and O–H groups in total. The van der Waals surface area contributed by atoms with Crippen LogP contribution in [0, 0.1) is 11.3 Å². The smallest absolute Gasteiger partial charge is 0.407 e. The number of carbonyl (C=O) groups excluding carboxylic acids is 1. The van der Waals surface area contributed by atoms with E-state index in [4.69, 9.17) is 14.7 Å². The van der Waals surface area contributed by atoms with E-state index in [0.717, 1.165) is 12.8 Å². The zero-order valence-electron chi connectivity index (χ0n) is 10.7. The van der Waals surface area contributed by atoms with Gasteiger partial charge in [-0.2, -0.15) is 5.26 Å². The first kappa shape index (κ1) is 13.8. The van der Waals surface area contributed by atoms with E-state index in [1.165, 1.54) is 0 Å². The first-order valence-electron chi connectivity index (χ1n) is 5.89. The summed E-state index contributed by atoms with van der Waals surface area (Å²) in [6.45, 7) is 5.93. The molecular formula is C12H20N2O3. The summed E-state index contributed by atoms with van der Waals surface area (Å²) < 4.78 is 10.6. The van der Waals surface area contributed by atoms with Gasteiger partial charge in [0.1, 0.15) is 5.60 Å². The maximum absolute atomic E-state index is 11.5. The molecule has 1 aliphatic rings. The highest BCUT2D eigenvalue weighted by molar-refractivity contribution is 5.68. The lowest BCUT2D eigenvalue weighted by Gasteiger charge is -2.29. The maximum atomic E-state index is 11.5. The molecule has 0 aromatic carbocycles. The van der Waals surface area contributed by atoms with Gasteiger partial charge in [-0.15, -0.1) is 0 Å². The van der Waals surface area contributed by atoms with E-state index in [1.807, 2.05) is 20.8 Å². The molecule has 0 aromatic heterocycles. The van der Waals surface area contributed by atoms with E-state index in [0.29, 0.717) is 13.0 Å². The highest BCUT2D eigenvalue weighted by atomic mass is 16.6. The molecule has 0 saturated carbocycles. The minimum absolute atomic E-state index is 0.0108. The van der Waals surface area contributed by atoms with Crippen molar-refractivity contribution >= 4 is 6.09 Å². The number of alkyl carbamates (subject to hydrolysis) is 1. The molecule has 2 atom stereocenters. The number of amides is 1. The lowest BCUT2D eigenvalue weighted by atomic mass is 10.0. The fourth-order valence-electron chi connectivity index (χ4n) is 1.66. The molecule has 96 valence electrons. The van der Waals surface area contributed by atoms with Crippen molar-refractivity contribution in [2.24, 2.45) is 0 Å². The lowest BCUT2D eigenvalue weighted by molar-refractivity contribution is -0.00538. The summed E-state index contributed by atoms with van der Waals surface area (Å²) in [6.07, 6.45) is 1.64. The van der Waals surface area contributed by atoms with Gasteiger partial charge in [0.05, 0.1) is 31.2 Å². The molecule has 1 unspecified atom stereocenters. The SMILES string of the molecule is CC(C)(C)OC(=O)NC1CC[C@@H](CC#N)OC1. The molecule has 0 aliphatic carbocycles. The topological polar surface area (TPSA) is 71.3 Å². The van der Waals surface area contributed by atoms with Gasteiger partial charge in [0.2, 0.25) is 0 Å². The van der Waals surface area contributed by atoms with Gasteiger partial charge in [-0.1, -0.05) is 0 Å². The zero-order chi connectivity index (χ0) is 12.9. The Morgan fingerprint density at radius 3 is 2.71 bits per heavy atom. The van der Waals surface area contributed by atoms with Crippen molar-refractivity contribution in [2.75, 3.05) is 6.61 Å². The van der Waals surface area contributed by atoms with Crippen LogP contribution < -0.4 is 5.32 Å². The summed E-state index contributed by atoms with van der Waals surface area (Å²) in [7, 11) is 0. The van der Waals surface area contributed by atoms with Crippen LogP contribution in [0.1, 0.15) is 40.0 Å². The molecule has 0 radical (unpaired) electrons. The third-order valence-electron chi connectivity index (χ3n) is 2.41. The average Bonchev–Trinajstić information content (AvgIpc) is 2.18. The van der Waals surface area contributed by atoms with E-state index in [2.05, 4.69) is 11.4 Å². The minimum Gasteiger partial charge on any atom is -0.444 e. The summed E-state index contributed by atoms with van der Waals surface area (Å²) in [5.41, 5.74) is -0.483. The van der Waals surface area contributed by atoms with Crippen LogP contribution in [0.4, 0.5) is 4.79 Å². The first-order chi connectivity index (χ1) is 7.90. The highest BCUT2D eigenvalue weighted by Crippen LogP contribution is 2.16. The van der Waals surface area contributed by atoms with Crippen molar-refractivity contribution < 1.29 is 14.3 Å². The van der Waals surface area contributed by atoms with Crippen LogP contribution in [0.3, 0.4) is 0 Å². The molecule has 1 saturated heterocycles. The van der Waals surface area contributed by atoms with E-state index < -0.39 is 11.7 Å². The van der Waals surface area contributed by atoms with Crippen molar-refractivity contribution in [1.82, 2.24) is 5.32 Å². The fourth-order valence-corrected chi connectivity index (χ4v) is 1.66. The number of ether oxygens (including phenoxy) is 2. The molecule has 1 heterocycles. The third-order valence-corrected chi connectivity index (χ3v) is 2.41. The predicted octanol–water partition coefficient (Wildman–Crippen LogP) is 1.97. The number of hydrogen-bond donors (Lipinski definition) is 1. The molecule has 0 bridgehead atoms. The number of nitrogens with zero attached hydrogens (tertiary/aromatic N) is 1. The molecule has 0 aromatic rings. The van der Waals surface area contributed by atoms with Gasteiger partial charge in [-0.3, -0.25) is 0 Å². The Morgan fingerprint density at radius 1 is 1.53 bits per heavy atom. The van der Waals surface area contributed by atoms with E-state index in [1.54, 1.807) is 0 Å². The average molecular weight is 240 g/mol. The Hall–Kier alpha value is -1.28. The van der Waals surface area contributed by atoms with Gasteiger partial charge in [0.15, 0.2) is 0 Å². The standard InChI is InChI=1S/C12H20N2O3/c1-12(2,3)17-11(15)14-9-4-5-10(6-7-13)16-8-9/h9-10H,4-6,8H2,1-3H3,(H,14,15)/t9?,10-/m0/s1. The highest BCUT2D eigenvalue weighted by Gasteiger charge is 2.24. The van der Waals surface area contributed by atoms with E-state index >= 15 is 0 Å². The quantitative estimate of drug-likeness (QED) is 0.801. The van der Waals surface area contributed by atoms with Gasteiger partial charge >= 0.3 is 6.09 Å². The number of carbonyl (C=O) groups is 1. The van der Waals surface area contributed by atoms with Crippen LogP contribution in [0.25, 0.3) is 0 Å². The van der Waals surface area contributed by atoms with Gasteiger partial charge in [0, 0.05) is 0 Å². The molecule has 0 spiro atoms. The lowest BCUT2D eigenvalue weighted by Crippen LogP contribution is -2.44. The van der Waals surface area contributed by atoms with Crippen LogP contribution in [0.15, 0.2) is 0 Å².